The van der Waals surface area contributed by atoms with Crippen LogP contribution in [0.15, 0.2) is 46.9 Å². The molecule has 0 aliphatic rings. The summed E-state index contributed by atoms with van der Waals surface area (Å²) in [7, 11) is 0. The van der Waals surface area contributed by atoms with Gasteiger partial charge in [0.15, 0.2) is 0 Å². The van der Waals surface area contributed by atoms with Gasteiger partial charge in [-0.2, -0.15) is 0 Å². The van der Waals surface area contributed by atoms with Crippen molar-refractivity contribution in [3.8, 4) is 11.5 Å². The van der Waals surface area contributed by atoms with Crippen LogP contribution >= 0.6 is 15.9 Å². The molecule has 6 heteroatoms. The third-order valence-corrected chi connectivity index (χ3v) is 3.06. The fourth-order valence-corrected chi connectivity index (χ4v) is 2.06. The van der Waals surface area contributed by atoms with Gasteiger partial charge in [-0.25, -0.2) is 13.6 Å². The molecule has 2 aromatic rings. The molecule has 108 valence electrons. The standard InChI is InChI=1S/C15H9BrF2O3/c16-13-5-9(2-4-15(19)20)1-3-14(13)21-12-7-10(17)6-11(18)8-12/h1-8H,(H,19,20)/b4-2+. The molecule has 0 aromatic heterocycles. The second kappa shape index (κ2) is 6.49. The number of ether oxygens (including phenoxy) is 1. The van der Waals surface area contributed by atoms with E-state index >= 15 is 0 Å². The number of benzene rings is 2. The average Bonchev–Trinajstić information content (AvgIpc) is 2.38. The number of rotatable bonds is 4. The fourth-order valence-electron chi connectivity index (χ4n) is 1.59. The zero-order chi connectivity index (χ0) is 15.4. The molecule has 0 unspecified atom stereocenters. The third kappa shape index (κ3) is 4.39. The van der Waals surface area contributed by atoms with E-state index < -0.39 is 17.6 Å². The summed E-state index contributed by atoms with van der Waals surface area (Å²) in [6, 6.07) is 7.69. The van der Waals surface area contributed by atoms with Crippen molar-refractivity contribution in [2.45, 2.75) is 0 Å². The van der Waals surface area contributed by atoms with E-state index in [0.29, 0.717) is 15.8 Å². The smallest absolute Gasteiger partial charge is 0.328 e. The predicted octanol–water partition coefficient (Wildman–Crippen LogP) is 4.62. The van der Waals surface area contributed by atoms with E-state index in [4.69, 9.17) is 9.84 Å². The summed E-state index contributed by atoms with van der Waals surface area (Å²) in [6.07, 6.45) is 2.42. The highest BCUT2D eigenvalue weighted by Crippen LogP contribution is 2.31. The van der Waals surface area contributed by atoms with Gasteiger partial charge in [0.2, 0.25) is 0 Å². The van der Waals surface area contributed by atoms with Crippen molar-refractivity contribution in [2.24, 2.45) is 0 Å². The molecular formula is C15H9BrF2O3. The maximum atomic E-state index is 13.1. The summed E-state index contributed by atoms with van der Waals surface area (Å²) < 4.78 is 32.1. The molecule has 0 bridgehead atoms. The van der Waals surface area contributed by atoms with E-state index in [1.807, 2.05) is 0 Å². The zero-order valence-corrected chi connectivity index (χ0v) is 12.1. The molecule has 0 fully saturated rings. The topological polar surface area (TPSA) is 46.5 Å². The van der Waals surface area contributed by atoms with Crippen LogP contribution in [0.25, 0.3) is 6.08 Å². The Morgan fingerprint density at radius 1 is 1.14 bits per heavy atom. The lowest BCUT2D eigenvalue weighted by atomic mass is 10.2. The summed E-state index contributed by atoms with van der Waals surface area (Å²) >= 11 is 3.25. The SMILES string of the molecule is O=C(O)/C=C/c1ccc(Oc2cc(F)cc(F)c2)c(Br)c1. The molecule has 0 amide bonds. The van der Waals surface area contributed by atoms with Crippen LogP contribution in [0.1, 0.15) is 5.56 Å². The van der Waals surface area contributed by atoms with E-state index in [2.05, 4.69) is 15.9 Å². The van der Waals surface area contributed by atoms with Gasteiger partial charge >= 0.3 is 5.97 Å². The van der Waals surface area contributed by atoms with Crippen molar-refractivity contribution in [2.75, 3.05) is 0 Å². The van der Waals surface area contributed by atoms with Crippen LogP contribution in [0.2, 0.25) is 0 Å². The van der Waals surface area contributed by atoms with Crippen molar-refractivity contribution in [3.05, 3.63) is 64.1 Å². The average molecular weight is 355 g/mol. The molecule has 0 radical (unpaired) electrons. The van der Waals surface area contributed by atoms with E-state index in [1.54, 1.807) is 18.2 Å². The van der Waals surface area contributed by atoms with Crippen molar-refractivity contribution >= 4 is 28.0 Å². The van der Waals surface area contributed by atoms with Crippen LogP contribution in [0, 0.1) is 11.6 Å². The molecule has 2 rings (SSSR count). The molecule has 0 heterocycles. The first kappa shape index (κ1) is 15.2. The number of carboxylic acid groups (broad SMARTS) is 1. The minimum absolute atomic E-state index is 0.0297. The molecule has 0 saturated heterocycles. The number of hydrogen-bond donors (Lipinski definition) is 1. The Bertz CT molecular complexity index is 694. The summed E-state index contributed by atoms with van der Waals surface area (Å²) in [6.45, 7) is 0. The second-order valence-corrected chi connectivity index (χ2v) is 4.92. The fraction of sp³-hybridized carbons (Fsp3) is 0. The lowest BCUT2D eigenvalue weighted by Crippen LogP contribution is -1.89. The molecule has 2 aromatic carbocycles. The van der Waals surface area contributed by atoms with Crippen LogP contribution in [0.5, 0.6) is 11.5 Å². The van der Waals surface area contributed by atoms with Gasteiger partial charge in [-0.1, -0.05) is 6.07 Å². The quantitative estimate of drug-likeness (QED) is 0.815. The lowest BCUT2D eigenvalue weighted by molar-refractivity contribution is -0.131. The largest absolute Gasteiger partial charge is 0.478 e. The highest BCUT2D eigenvalue weighted by Gasteiger charge is 2.06. The van der Waals surface area contributed by atoms with Crippen LogP contribution < -0.4 is 4.74 Å². The second-order valence-electron chi connectivity index (χ2n) is 4.07. The molecule has 0 spiro atoms. The third-order valence-electron chi connectivity index (χ3n) is 2.44. The molecule has 0 saturated carbocycles. The van der Waals surface area contributed by atoms with Gasteiger partial charge in [0, 0.05) is 24.3 Å². The zero-order valence-electron chi connectivity index (χ0n) is 10.5. The van der Waals surface area contributed by atoms with Crippen LogP contribution in [-0.4, -0.2) is 11.1 Å². The van der Waals surface area contributed by atoms with E-state index in [9.17, 15) is 13.6 Å². The van der Waals surface area contributed by atoms with Gasteiger partial charge in [0.1, 0.15) is 23.1 Å². The summed E-state index contributed by atoms with van der Waals surface area (Å²) in [5.74, 6) is -2.14. The summed E-state index contributed by atoms with van der Waals surface area (Å²) in [4.78, 5) is 10.4. The molecule has 0 atom stereocenters. The summed E-state index contributed by atoms with van der Waals surface area (Å²) in [5, 5.41) is 8.55. The predicted molar refractivity (Wildman–Crippen MR) is 77.2 cm³/mol. The highest BCUT2D eigenvalue weighted by molar-refractivity contribution is 9.10. The molecule has 0 aliphatic heterocycles. The Hall–Kier alpha value is -2.21. The van der Waals surface area contributed by atoms with E-state index in [0.717, 1.165) is 24.3 Å². The van der Waals surface area contributed by atoms with Gasteiger partial charge in [-0.15, -0.1) is 0 Å². The van der Waals surface area contributed by atoms with Gasteiger partial charge < -0.3 is 9.84 Å². The Balaban J connectivity index is 2.23. The summed E-state index contributed by atoms with van der Waals surface area (Å²) in [5.41, 5.74) is 0.641. The molecule has 1 N–H and O–H groups in total. The molecule has 3 nitrogen and oxygen atoms in total. The van der Waals surface area contributed by atoms with Gasteiger partial charge in [0.05, 0.1) is 4.47 Å². The maximum Gasteiger partial charge on any atom is 0.328 e. The molecular weight excluding hydrogens is 346 g/mol. The molecule has 21 heavy (non-hydrogen) atoms. The Labute approximate surface area is 127 Å². The monoisotopic (exact) mass is 354 g/mol. The minimum Gasteiger partial charge on any atom is -0.478 e. The minimum atomic E-state index is -1.05. The Kier molecular flexibility index (Phi) is 4.70. The van der Waals surface area contributed by atoms with Gasteiger partial charge in [-0.05, 0) is 39.7 Å². The van der Waals surface area contributed by atoms with Gasteiger partial charge in [-0.3, -0.25) is 0 Å². The number of carboxylic acids is 1. The normalized spacial score (nSPS) is 10.8. The van der Waals surface area contributed by atoms with Crippen molar-refractivity contribution in [1.82, 2.24) is 0 Å². The number of halogens is 3. The Morgan fingerprint density at radius 2 is 1.81 bits per heavy atom. The van der Waals surface area contributed by atoms with Gasteiger partial charge in [0.25, 0.3) is 0 Å². The number of hydrogen-bond acceptors (Lipinski definition) is 2. The number of aliphatic carboxylic acids is 1. The van der Waals surface area contributed by atoms with E-state index in [1.165, 1.54) is 6.08 Å². The first-order chi connectivity index (χ1) is 9.94. The van der Waals surface area contributed by atoms with Crippen LogP contribution in [-0.2, 0) is 4.79 Å². The molecule has 0 aliphatic carbocycles. The maximum absolute atomic E-state index is 13.1. The van der Waals surface area contributed by atoms with Crippen molar-refractivity contribution < 1.29 is 23.4 Å². The van der Waals surface area contributed by atoms with Crippen LogP contribution in [0.4, 0.5) is 8.78 Å². The first-order valence-corrected chi connectivity index (χ1v) is 6.58. The highest BCUT2D eigenvalue weighted by atomic mass is 79.9. The van der Waals surface area contributed by atoms with E-state index in [-0.39, 0.29) is 5.75 Å². The Morgan fingerprint density at radius 3 is 2.38 bits per heavy atom. The first-order valence-electron chi connectivity index (χ1n) is 5.78. The van der Waals surface area contributed by atoms with Crippen molar-refractivity contribution in [1.29, 1.82) is 0 Å². The lowest BCUT2D eigenvalue weighted by Gasteiger charge is -2.08. The van der Waals surface area contributed by atoms with Crippen molar-refractivity contribution in [3.63, 3.8) is 0 Å². The van der Waals surface area contributed by atoms with Crippen LogP contribution in [0.3, 0.4) is 0 Å². The number of carbonyl (C=O) groups is 1.